The van der Waals surface area contributed by atoms with Crippen molar-refractivity contribution in [1.29, 1.82) is 0 Å². The van der Waals surface area contributed by atoms with Crippen molar-refractivity contribution in [2.24, 2.45) is 15.9 Å². The number of hydrogen-bond donors (Lipinski definition) is 1. The first-order valence-electron chi connectivity index (χ1n) is 11.7. The van der Waals surface area contributed by atoms with Gasteiger partial charge in [0.2, 0.25) is 0 Å². The van der Waals surface area contributed by atoms with E-state index in [0.29, 0.717) is 19.8 Å². The molecule has 0 aliphatic carbocycles. The zero-order chi connectivity index (χ0) is 24.5. The third-order valence-electron chi connectivity index (χ3n) is 6.06. The monoisotopic (exact) mass is 490 g/mol. The second-order valence-corrected chi connectivity index (χ2v) is 9.77. The molecule has 0 spiro atoms. The van der Waals surface area contributed by atoms with E-state index in [2.05, 4.69) is 58.3 Å². The third kappa shape index (κ3) is 6.96. The zero-order valence-electron chi connectivity index (χ0n) is 20.9. The summed E-state index contributed by atoms with van der Waals surface area (Å²) < 4.78 is 24.6. The number of methoxy groups -OCH3 is 1. The highest BCUT2D eigenvalue weighted by atomic mass is 32.2. The quantitative estimate of drug-likeness (QED) is 0.283. The number of fused-ring (bicyclic) bond motifs is 1. The van der Waals surface area contributed by atoms with Crippen LogP contribution in [0.15, 0.2) is 58.1 Å². The zero-order valence-corrected chi connectivity index (χ0v) is 21.8. The molecular formula is C24H38N6O3S. The average molecular weight is 491 g/mol. The van der Waals surface area contributed by atoms with Crippen LogP contribution in [0.5, 0.6) is 0 Å². The molecule has 1 N–H and O–H groups in total. The normalized spacial score (nSPS) is 23.0. The standard InChI is InChI=1S/C24H38N6O3S/c1-6-20(29-11-15-33-16-12-29)8-7-19(2)21-17-22-23(28(3)10-9-25-22)24(27-21)26-18-30(34(5)31)13-14-32-4/h6-10,17,19,23H,11-16,18H2,1-5H3,(H,26,27)/b8-7-,20-6+. The Bertz CT molecular complexity index is 861. The van der Waals surface area contributed by atoms with Crippen LogP contribution in [0.4, 0.5) is 0 Å². The second-order valence-electron chi connectivity index (χ2n) is 8.40. The maximum atomic E-state index is 12.2. The summed E-state index contributed by atoms with van der Waals surface area (Å²) in [4.78, 5) is 14.1. The van der Waals surface area contributed by atoms with Crippen LogP contribution >= 0.6 is 0 Å². The van der Waals surface area contributed by atoms with Crippen molar-refractivity contribution in [2.45, 2.75) is 19.9 Å². The Kier molecular flexibility index (Phi) is 10.2. The van der Waals surface area contributed by atoms with Crippen molar-refractivity contribution in [2.75, 3.05) is 66.5 Å². The molecule has 0 amide bonds. The summed E-state index contributed by atoms with van der Waals surface area (Å²) in [5.41, 5.74) is 3.08. The highest BCUT2D eigenvalue weighted by Gasteiger charge is 2.31. The number of nitrogens with zero attached hydrogens (tertiary/aromatic N) is 5. The van der Waals surface area contributed by atoms with Gasteiger partial charge in [0.15, 0.2) is 0 Å². The van der Waals surface area contributed by atoms with Gasteiger partial charge in [-0.3, -0.25) is 4.99 Å². The molecule has 0 bridgehead atoms. The molecule has 0 saturated carbocycles. The molecule has 0 aromatic carbocycles. The first-order valence-corrected chi connectivity index (χ1v) is 13.2. The van der Waals surface area contributed by atoms with Crippen LogP contribution in [-0.4, -0.2) is 103 Å². The van der Waals surface area contributed by atoms with Crippen LogP contribution in [0.2, 0.25) is 0 Å². The van der Waals surface area contributed by atoms with E-state index in [4.69, 9.17) is 14.5 Å². The Hall–Kier alpha value is -2.11. The summed E-state index contributed by atoms with van der Waals surface area (Å²) in [5, 5.41) is 3.43. The number of morpholine rings is 1. The highest BCUT2D eigenvalue weighted by molar-refractivity contribution is 7.88. The summed E-state index contributed by atoms with van der Waals surface area (Å²) in [5.74, 6) is 0.896. The number of allylic oxidation sites excluding steroid dienone is 3. The molecular weight excluding hydrogens is 452 g/mol. The molecule has 0 aromatic rings. The van der Waals surface area contributed by atoms with Gasteiger partial charge >= 0.3 is 0 Å². The molecule has 3 rings (SSSR count). The molecule has 3 unspecified atom stereocenters. The first kappa shape index (κ1) is 26.5. The minimum Gasteiger partial charge on any atom is -0.598 e. The second kappa shape index (κ2) is 13.1. The number of amidine groups is 1. The van der Waals surface area contributed by atoms with Crippen LogP contribution in [0.3, 0.4) is 0 Å². The lowest BCUT2D eigenvalue weighted by atomic mass is 9.98. The van der Waals surface area contributed by atoms with E-state index in [1.54, 1.807) is 13.4 Å². The van der Waals surface area contributed by atoms with Crippen molar-refractivity contribution in [1.82, 2.24) is 19.4 Å². The predicted octanol–water partition coefficient (Wildman–Crippen LogP) is 1.73. The molecule has 1 saturated heterocycles. The number of aliphatic imine (C=N–C) groups is 2. The molecule has 0 radical (unpaired) electrons. The van der Waals surface area contributed by atoms with Gasteiger partial charge in [-0.1, -0.05) is 19.1 Å². The van der Waals surface area contributed by atoms with Crippen LogP contribution in [0.25, 0.3) is 0 Å². The van der Waals surface area contributed by atoms with Gasteiger partial charge in [0.05, 0.1) is 37.8 Å². The Morgan fingerprint density at radius 1 is 1.44 bits per heavy atom. The Morgan fingerprint density at radius 3 is 2.88 bits per heavy atom. The van der Waals surface area contributed by atoms with E-state index in [0.717, 1.165) is 43.5 Å². The fraction of sp³-hybridized carbons (Fsp3) is 0.583. The fourth-order valence-corrected chi connectivity index (χ4v) is 4.58. The van der Waals surface area contributed by atoms with Crippen molar-refractivity contribution in [3.8, 4) is 0 Å². The van der Waals surface area contributed by atoms with Crippen LogP contribution < -0.4 is 5.32 Å². The fourth-order valence-electron chi connectivity index (χ4n) is 4.00. The average Bonchev–Trinajstić information content (AvgIpc) is 2.84. The van der Waals surface area contributed by atoms with E-state index in [1.165, 1.54) is 5.70 Å². The van der Waals surface area contributed by atoms with Gasteiger partial charge in [0.1, 0.15) is 24.8 Å². The van der Waals surface area contributed by atoms with Gasteiger partial charge in [-0.15, -0.1) is 4.31 Å². The molecule has 3 heterocycles. The minimum absolute atomic E-state index is 0.0950. The van der Waals surface area contributed by atoms with Gasteiger partial charge in [-0.25, -0.2) is 4.99 Å². The minimum atomic E-state index is -1.12. The Labute approximate surface area is 206 Å². The van der Waals surface area contributed by atoms with Crippen LogP contribution in [0, 0.1) is 5.92 Å². The first-order chi connectivity index (χ1) is 16.4. The Balaban J connectivity index is 1.77. The van der Waals surface area contributed by atoms with Gasteiger partial charge in [-0.2, -0.15) is 0 Å². The van der Waals surface area contributed by atoms with Crippen LogP contribution in [0.1, 0.15) is 13.8 Å². The van der Waals surface area contributed by atoms with E-state index in [1.807, 2.05) is 23.8 Å². The van der Waals surface area contributed by atoms with Gasteiger partial charge in [0, 0.05) is 62.6 Å². The molecule has 34 heavy (non-hydrogen) atoms. The molecule has 10 heteroatoms. The number of rotatable bonds is 10. The van der Waals surface area contributed by atoms with Crippen molar-refractivity contribution in [3.63, 3.8) is 0 Å². The molecule has 9 nitrogen and oxygen atoms in total. The van der Waals surface area contributed by atoms with Crippen molar-refractivity contribution >= 4 is 22.9 Å². The number of nitrogens with one attached hydrogen (secondary N) is 1. The summed E-state index contributed by atoms with van der Waals surface area (Å²) in [7, 11) is 3.65. The van der Waals surface area contributed by atoms with Crippen molar-refractivity contribution < 1.29 is 14.0 Å². The molecule has 3 aliphatic rings. The van der Waals surface area contributed by atoms with E-state index in [9.17, 15) is 4.55 Å². The largest absolute Gasteiger partial charge is 0.598 e. The van der Waals surface area contributed by atoms with Gasteiger partial charge in [0.25, 0.3) is 0 Å². The summed E-state index contributed by atoms with van der Waals surface area (Å²) >= 11 is -1.12. The summed E-state index contributed by atoms with van der Waals surface area (Å²) in [6.07, 6.45) is 14.0. The predicted molar refractivity (Wildman–Crippen MR) is 139 cm³/mol. The molecule has 0 aromatic heterocycles. The van der Waals surface area contributed by atoms with Gasteiger partial charge < -0.3 is 29.1 Å². The third-order valence-corrected chi connectivity index (χ3v) is 7.10. The molecule has 1 fully saturated rings. The molecule has 3 atom stereocenters. The summed E-state index contributed by atoms with van der Waals surface area (Å²) in [6.45, 7) is 9.03. The van der Waals surface area contributed by atoms with Crippen molar-refractivity contribution in [3.05, 3.63) is 48.1 Å². The lowest BCUT2D eigenvalue weighted by molar-refractivity contribution is 0.0553. The van der Waals surface area contributed by atoms with E-state index < -0.39 is 11.4 Å². The smallest absolute Gasteiger partial charge is 0.132 e. The number of ether oxygens (including phenoxy) is 2. The maximum Gasteiger partial charge on any atom is 0.132 e. The van der Waals surface area contributed by atoms with E-state index >= 15 is 0 Å². The lowest BCUT2D eigenvalue weighted by Gasteiger charge is -2.34. The highest BCUT2D eigenvalue weighted by Crippen LogP contribution is 2.24. The topological polar surface area (TPSA) is 88.0 Å². The maximum absolute atomic E-state index is 12.2. The van der Waals surface area contributed by atoms with Gasteiger partial charge in [-0.05, 0) is 19.1 Å². The molecule has 3 aliphatic heterocycles. The lowest BCUT2D eigenvalue weighted by Crippen LogP contribution is -2.53. The molecule has 188 valence electrons. The van der Waals surface area contributed by atoms with Crippen LogP contribution in [-0.2, 0) is 20.8 Å². The number of hydrogen-bond acceptors (Lipinski definition) is 9. The SMILES string of the molecule is C/C=C(\C=C/C(C)C1=CC2=NC=CN(C)C2C(NCN(CCOC)[S+](C)[O-])=N1)N1CCOCC1. The number of likely N-dealkylation sites (N-methyl/N-ethyl adjacent to an activating group) is 1. The summed E-state index contributed by atoms with van der Waals surface area (Å²) in [6, 6.07) is -0.0982. The Morgan fingerprint density at radius 2 is 2.21 bits per heavy atom. The van der Waals surface area contributed by atoms with E-state index in [-0.39, 0.29) is 12.0 Å².